The van der Waals surface area contributed by atoms with Gasteiger partial charge in [0, 0.05) is 5.69 Å². The second-order valence-electron chi connectivity index (χ2n) is 5.71. The monoisotopic (exact) mass is 334 g/mol. The van der Waals surface area contributed by atoms with Crippen molar-refractivity contribution in [2.45, 2.75) is 13.3 Å². The molecule has 0 unspecified atom stereocenters. The number of aromatic carboxylic acids is 1. The summed E-state index contributed by atoms with van der Waals surface area (Å²) < 4.78 is 5.77. The maximum absolute atomic E-state index is 11.2. The van der Waals surface area contributed by atoms with Crippen LogP contribution in [0.25, 0.3) is 0 Å². The van der Waals surface area contributed by atoms with Gasteiger partial charge in [0.2, 0.25) is 0 Å². The molecule has 25 heavy (non-hydrogen) atoms. The highest BCUT2D eigenvalue weighted by atomic mass is 16.5. The van der Waals surface area contributed by atoms with Crippen LogP contribution in [0.1, 0.15) is 27.2 Å². The highest BCUT2D eigenvalue weighted by Crippen LogP contribution is 2.23. The average molecular weight is 334 g/mol. The van der Waals surface area contributed by atoms with Crippen LogP contribution in [0.15, 0.2) is 60.7 Å². The summed E-state index contributed by atoms with van der Waals surface area (Å²) in [6.07, 6.45) is 0.574. The van der Waals surface area contributed by atoms with E-state index in [9.17, 15) is 9.90 Å². The van der Waals surface area contributed by atoms with Crippen molar-refractivity contribution < 1.29 is 14.6 Å². The number of anilines is 1. The molecule has 0 aliphatic carbocycles. The predicted octanol–water partition coefficient (Wildman–Crippen LogP) is 4.05. The van der Waals surface area contributed by atoms with Crippen LogP contribution in [0, 0.1) is 6.92 Å². The molecule has 0 amide bonds. The average Bonchev–Trinajstić information content (AvgIpc) is 2.59. The summed E-state index contributed by atoms with van der Waals surface area (Å²) in [6.45, 7) is 1.82. The third kappa shape index (κ3) is 3.95. The van der Waals surface area contributed by atoms with Gasteiger partial charge in [0.15, 0.2) is 0 Å². The normalized spacial score (nSPS) is 10.4. The van der Waals surface area contributed by atoms with E-state index in [1.54, 1.807) is 6.07 Å². The number of pyridine rings is 1. The van der Waals surface area contributed by atoms with Gasteiger partial charge in [-0.05, 0) is 54.8 Å². The molecule has 3 aromatic rings. The van der Waals surface area contributed by atoms with Gasteiger partial charge in [0.05, 0.1) is 0 Å². The highest BCUT2D eigenvalue weighted by molar-refractivity contribution is 5.92. The Kier molecular flexibility index (Phi) is 4.66. The number of benzene rings is 2. The number of ether oxygens (including phenoxy) is 1. The van der Waals surface area contributed by atoms with Gasteiger partial charge in [-0.15, -0.1) is 0 Å². The number of hydrogen-bond donors (Lipinski definition) is 2. The van der Waals surface area contributed by atoms with Crippen molar-refractivity contribution in [3.63, 3.8) is 0 Å². The maximum atomic E-state index is 11.2. The lowest BCUT2D eigenvalue weighted by atomic mass is 10.0. The van der Waals surface area contributed by atoms with Crippen LogP contribution in [0.5, 0.6) is 11.5 Å². The van der Waals surface area contributed by atoms with Gasteiger partial charge in [-0.2, -0.15) is 0 Å². The van der Waals surface area contributed by atoms with Crippen LogP contribution >= 0.6 is 0 Å². The summed E-state index contributed by atoms with van der Waals surface area (Å²) in [5.74, 6) is 0.492. The number of nitrogens with two attached hydrogens (primary N) is 1. The molecule has 5 heteroatoms. The molecule has 2 aromatic carbocycles. The number of hydrogen-bond acceptors (Lipinski definition) is 4. The first kappa shape index (κ1) is 16.5. The molecule has 0 aliphatic rings. The van der Waals surface area contributed by atoms with Gasteiger partial charge in [-0.25, -0.2) is 9.78 Å². The second-order valence-corrected chi connectivity index (χ2v) is 5.71. The van der Waals surface area contributed by atoms with Crippen LogP contribution in [0.4, 0.5) is 5.82 Å². The fraction of sp³-hybridized carbons (Fsp3) is 0.100. The molecule has 1 heterocycles. The van der Waals surface area contributed by atoms with Gasteiger partial charge in [0.1, 0.15) is 22.9 Å². The second kappa shape index (κ2) is 7.05. The number of nitrogen functional groups attached to an aromatic ring is 1. The third-order valence-corrected chi connectivity index (χ3v) is 3.87. The van der Waals surface area contributed by atoms with Crippen molar-refractivity contribution in [3.8, 4) is 11.5 Å². The number of carboxylic acids is 1. The summed E-state index contributed by atoms with van der Waals surface area (Å²) in [6, 6.07) is 18.8. The molecule has 0 aliphatic heterocycles. The smallest absolute Gasteiger partial charge is 0.339 e. The van der Waals surface area contributed by atoms with Crippen molar-refractivity contribution in [2.24, 2.45) is 0 Å². The Morgan fingerprint density at radius 1 is 1.08 bits per heavy atom. The molecule has 0 bridgehead atoms. The van der Waals surface area contributed by atoms with E-state index in [-0.39, 0.29) is 11.4 Å². The van der Waals surface area contributed by atoms with Crippen LogP contribution in [0.2, 0.25) is 0 Å². The molecule has 0 spiro atoms. The lowest BCUT2D eigenvalue weighted by Gasteiger charge is -2.10. The molecule has 0 saturated carbocycles. The summed E-state index contributed by atoms with van der Waals surface area (Å²) in [5.41, 5.74) is 8.30. The fourth-order valence-electron chi connectivity index (χ4n) is 2.54. The minimum atomic E-state index is -1.07. The summed E-state index contributed by atoms with van der Waals surface area (Å²) in [5, 5.41) is 9.19. The summed E-state index contributed by atoms with van der Waals surface area (Å²) in [7, 11) is 0. The first-order valence-corrected chi connectivity index (χ1v) is 7.84. The number of carboxylic acid groups (broad SMARTS) is 1. The minimum absolute atomic E-state index is 0.0321. The summed E-state index contributed by atoms with van der Waals surface area (Å²) >= 11 is 0. The molecule has 3 rings (SSSR count). The molecule has 0 atom stereocenters. The number of rotatable bonds is 5. The highest BCUT2D eigenvalue weighted by Gasteiger charge is 2.13. The molecule has 1 aromatic heterocycles. The predicted molar refractivity (Wildman–Crippen MR) is 96.1 cm³/mol. The third-order valence-electron chi connectivity index (χ3n) is 3.87. The standard InChI is InChI=1S/C20H18N2O3/c1-13-15(12-18(20(23)24)19(21)22-13)11-14-7-9-17(10-8-14)25-16-5-3-2-4-6-16/h2-10,12H,11H2,1H3,(H2,21,22)(H,23,24). The van der Waals surface area contributed by atoms with Gasteiger partial charge in [0.25, 0.3) is 0 Å². The van der Waals surface area contributed by atoms with Crippen LogP contribution < -0.4 is 10.5 Å². The van der Waals surface area contributed by atoms with E-state index in [1.165, 1.54) is 0 Å². The lowest BCUT2D eigenvalue weighted by Crippen LogP contribution is -2.08. The van der Waals surface area contributed by atoms with E-state index >= 15 is 0 Å². The van der Waals surface area contributed by atoms with E-state index in [1.807, 2.05) is 61.5 Å². The molecule has 3 N–H and O–H groups in total. The summed E-state index contributed by atoms with van der Waals surface area (Å²) in [4.78, 5) is 15.4. The Labute approximate surface area is 145 Å². The van der Waals surface area contributed by atoms with Crippen molar-refractivity contribution >= 4 is 11.8 Å². The van der Waals surface area contributed by atoms with Crippen molar-refractivity contribution in [2.75, 3.05) is 5.73 Å². The number of aromatic nitrogens is 1. The number of para-hydroxylation sites is 1. The zero-order valence-corrected chi connectivity index (χ0v) is 13.8. The first-order valence-electron chi connectivity index (χ1n) is 7.84. The van der Waals surface area contributed by atoms with Crippen molar-refractivity contribution in [3.05, 3.63) is 83.0 Å². The number of aryl methyl sites for hydroxylation is 1. The molecule has 0 radical (unpaired) electrons. The van der Waals surface area contributed by atoms with Gasteiger partial charge in [-0.1, -0.05) is 30.3 Å². The largest absolute Gasteiger partial charge is 0.478 e. The zero-order chi connectivity index (χ0) is 17.8. The van der Waals surface area contributed by atoms with Crippen LogP contribution in [-0.2, 0) is 6.42 Å². The number of carbonyl (C=O) groups is 1. The van der Waals surface area contributed by atoms with Crippen LogP contribution in [-0.4, -0.2) is 16.1 Å². The Morgan fingerprint density at radius 2 is 1.72 bits per heavy atom. The van der Waals surface area contributed by atoms with E-state index in [0.717, 1.165) is 28.3 Å². The molecule has 0 saturated heterocycles. The zero-order valence-electron chi connectivity index (χ0n) is 13.8. The van der Waals surface area contributed by atoms with Crippen LogP contribution in [0.3, 0.4) is 0 Å². The van der Waals surface area contributed by atoms with Crippen molar-refractivity contribution in [1.82, 2.24) is 4.98 Å². The molecule has 5 nitrogen and oxygen atoms in total. The Morgan fingerprint density at radius 3 is 2.36 bits per heavy atom. The van der Waals surface area contributed by atoms with Gasteiger partial charge >= 0.3 is 5.97 Å². The topological polar surface area (TPSA) is 85.4 Å². The molecule has 0 fully saturated rings. The SMILES string of the molecule is Cc1nc(N)c(C(=O)O)cc1Cc1ccc(Oc2ccccc2)cc1. The molecular formula is C20H18N2O3. The van der Waals surface area contributed by atoms with Gasteiger partial charge < -0.3 is 15.6 Å². The maximum Gasteiger partial charge on any atom is 0.339 e. The van der Waals surface area contributed by atoms with E-state index in [4.69, 9.17) is 10.5 Å². The molecule has 126 valence electrons. The lowest BCUT2D eigenvalue weighted by molar-refractivity contribution is 0.0697. The Bertz CT molecular complexity index is 891. The molecular weight excluding hydrogens is 316 g/mol. The first-order chi connectivity index (χ1) is 12.0. The van der Waals surface area contributed by atoms with E-state index in [2.05, 4.69) is 4.98 Å². The van der Waals surface area contributed by atoms with E-state index in [0.29, 0.717) is 6.42 Å². The number of nitrogens with zero attached hydrogens (tertiary/aromatic N) is 1. The quantitative estimate of drug-likeness (QED) is 0.735. The fourth-order valence-corrected chi connectivity index (χ4v) is 2.54. The van der Waals surface area contributed by atoms with Crippen molar-refractivity contribution in [1.29, 1.82) is 0 Å². The minimum Gasteiger partial charge on any atom is -0.478 e. The van der Waals surface area contributed by atoms with Gasteiger partial charge in [-0.3, -0.25) is 0 Å². The van der Waals surface area contributed by atoms with E-state index < -0.39 is 5.97 Å². The Balaban J connectivity index is 1.78. The Hall–Kier alpha value is -3.34.